The first-order chi connectivity index (χ1) is 25.8. The van der Waals surface area contributed by atoms with E-state index in [0.717, 1.165) is 61.1 Å². The summed E-state index contributed by atoms with van der Waals surface area (Å²) in [5, 5.41) is 6.93. The van der Waals surface area contributed by atoms with Crippen molar-refractivity contribution in [1.29, 1.82) is 0 Å². The Morgan fingerprint density at radius 1 is 0.346 bits per heavy atom. The summed E-state index contributed by atoms with van der Waals surface area (Å²) in [6, 6.07) is 71.8. The number of benzene rings is 9. The van der Waals surface area contributed by atoms with Crippen LogP contribution in [0, 0.1) is 0 Å². The van der Waals surface area contributed by atoms with Crippen LogP contribution in [0.2, 0.25) is 0 Å². The van der Waals surface area contributed by atoms with Gasteiger partial charge in [0.1, 0.15) is 11.2 Å². The molecule has 0 aliphatic rings. The first kappa shape index (κ1) is 30.0. The van der Waals surface area contributed by atoms with Crippen LogP contribution in [0.3, 0.4) is 0 Å². The van der Waals surface area contributed by atoms with Crippen molar-refractivity contribution in [2.45, 2.75) is 0 Å². The molecule has 0 N–H and O–H groups in total. The third-order valence-corrected chi connectivity index (χ3v) is 10.2. The standard InChI is InChI=1S/C50H33NO/c1-3-13-34(14-4-1)41-28-30-46(45(33-41)36-16-5-2-6-17-36)51(42-21-11-20-39(32-42)40-26-25-35-15-7-8-19-38(35)31-40)47-23-12-24-48-49(47)44-29-27-37-18-9-10-22-43(37)50(44)52-48/h1-33H. The number of nitrogens with zero attached hydrogens (tertiary/aromatic N) is 1. The summed E-state index contributed by atoms with van der Waals surface area (Å²) in [7, 11) is 0. The van der Waals surface area contributed by atoms with E-state index in [9.17, 15) is 0 Å². The highest BCUT2D eigenvalue weighted by atomic mass is 16.3. The number of hydrogen-bond acceptors (Lipinski definition) is 2. The van der Waals surface area contributed by atoms with Crippen LogP contribution in [0.5, 0.6) is 0 Å². The second-order valence-corrected chi connectivity index (χ2v) is 13.3. The van der Waals surface area contributed by atoms with Gasteiger partial charge in [0.05, 0.1) is 16.8 Å². The summed E-state index contributed by atoms with van der Waals surface area (Å²) < 4.78 is 6.73. The molecule has 0 aliphatic heterocycles. The highest BCUT2D eigenvalue weighted by Gasteiger charge is 2.23. The van der Waals surface area contributed by atoms with Crippen molar-refractivity contribution in [1.82, 2.24) is 0 Å². The molecule has 1 aromatic heterocycles. The molecular formula is C50H33NO. The summed E-state index contributed by atoms with van der Waals surface area (Å²) in [6.45, 7) is 0. The lowest BCUT2D eigenvalue weighted by atomic mass is 9.95. The number of fused-ring (bicyclic) bond motifs is 6. The van der Waals surface area contributed by atoms with Gasteiger partial charge in [-0.25, -0.2) is 0 Å². The molecule has 0 atom stereocenters. The molecule has 0 bridgehead atoms. The van der Waals surface area contributed by atoms with Crippen LogP contribution in [0.25, 0.3) is 76.9 Å². The smallest absolute Gasteiger partial charge is 0.143 e. The van der Waals surface area contributed by atoms with Crippen molar-refractivity contribution in [3.63, 3.8) is 0 Å². The molecule has 1 heterocycles. The van der Waals surface area contributed by atoms with Gasteiger partial charge in [-0.2, -0.15) is 0 Å². The quantitative estimate of drug-likeness (QED) is 0.176. The van der Waals surface area contributed by atoms with Crippen LogP contribution in [0.1, 0.15) is 0 Å². The van der Waals surface area contributed by atoms with E-state index in [0.29, 0.717) is 0 Å². The molecule has 0 saturated heterocycles. The molecular weight excluding hydrogens is 631 g/mol. The number of anilines is 3. The summed E-state index contributed by atoms with van der Waals surface area (Å²) >= 11 is 0. The van der Waals surface area contributed by atoms with Crippen LogP contribution in [-0.4, -0.2) is 0 Å². The highest BCUT2D eigenvalue weighted by molar-refractivity contribution is 6.20. The molecule has 244 valence electrons. The molecule has 0 spiro atoms. The van der Waals surface area contributed by atoms with Gasteiger partial charge < -0.3 is 9.32 Å². The average Bonchev–Trinajstić information content (AvgIpc) is 3.62. The van der Waals surface area contributed by atoms with Crippen LogP contribution in [-0.2, 0) is 0 Å². The topological polar surface area (TPSA) is 16.4 Å². The van der Waals surface area contributed by atoms with Crippen LogP contribution < -0.4 is 4.90 Å². The second-order valence-electron chi connectivity index (χ2n) is 13.3. The zero-order valence-electron chi connectivity index (χ0n) is 28.4. The lowest BCUT2D eigenvalue weighted by Crippen LogP contribution is -2.12. The highest BCUT2D eigenvalue weighted by Crippen LogP contribution is 2.48. The molecule has 10 rings (SSSR count). The first-order valence-corrected chi connectivity index (χ1v) is 17.8. The Kier molecular flexibility index (Phi) is 7.18. The Labute approximate surface area is 302 Å². The minimum absolute atomic E-state index is 0.863. The van der Waals surface area contributed by atoms with Gasteiger partial charge >= 0.3 is 0 Å². The first-order valence-electron chi connectivity index (χ1n) is 17.8. The van der Waals surface area contributed by atoms with E-state index < -0.39 is 0 Å². The van der Waals surface area contributed by atoms with Crippen molar-refractivity contribution < 1.29 is 4.42 Å². The Morgan fingerprint density at radius 2 is 0.981 bits per heavy atom. The predicted molar refractivity (Wildman–Crippen MR) is 220 cm³/mol. The average molecular weight is 664 g/mol. The van der Waals surface area contributed by atoms with E-state index >= 15 is 0 Å². The van der Waals surface area contributed by atoms with Gasteiger partial charge in [-0.3, -0.25) is 0 Å². The predicted octanol–water partition coefficient (Wildman–Crippen LogP) is 14.4. The third-order valence-electron chi connectivity index (χ3n) is 10.2. The van der Waals surface area contributed by atoms with Crippen LogP contribution in [0.4, 0.5) is 17.1 Å². The van der Waals surface area contributed by atoms with E-state index in [1.54, 1.807) is 0 Å². The molecule has 2 nitrogen and oxygen atoms in total. The largest absolute Gasteiger partial charge is 0.455 e. The molecule has 0 aliphatic carbocycles. The van der Waals surface area contributed by atoms with Crippen molar-refractivity contribution in [2.75, 3.05) is 4.90 Å². The second kappa shape index (κ2) is 12.5. The van der Waals surface area contributed by atoms with Crippen molar-refractivity contribution in [2.24, 2.45) is 0 Å². The normalized spacial score (nSPS) is 11.5. The Morgan fingerprint density at radius 3 is 1.83 bits per heavy atom. The minimum Gasteiger partial charge on any atom is -0.455 e. The van der Waals surface area contributed by atoms with E-state index in [4.69, 9.17) is 4.42 Å². The van der Waals surface area contributed by atoms with E-state index in [-0.39, 0.29) is 0 Å². The molecule has 2 heteroatoms. The lowest BCUT2D eigenvalue weighted by molar-refractivity contribution is 0.672. The van der Waals surface area contributed by atoms with Gasteiger partial charge in [0, 0.05) is 22.0 Å². The fourth-order valence-electron chi connectivity index (χ4n) is 7.71. The Balaban J connectivity index is 1.26. The van der Waals surface area contributed by atoms with E-state index in [2.05, 4.69) is 205 Å². The van der Waals surface area contributed by atoms with Gasteiger partial charge in [-0.1, -0.05) is 152 Å². The molecule has 9 aromatic carbocycles. The van der Waals surface area contributed by atoms with Gasteiger partial charge in [0.15, 0.2) is 0 Å². The lowest BCUT2D eigenvalue weighted by Gasteiger charge is -2.29. The molecule has 0 fully saturated rings. The zero-order chi connectivity index (χ0) is 34.4. The summed E-state index contributed by atoms with van der Waals surface area (Å²) in [6.07, 6.45) is 0. The zero-order valence-corrected chi connectivity index (χ0v) is 28.4. The Bertz CT molecular complexity index is 2910. The molecule has 0 amide bonds. The van der Waals surface area contributed by atoms with Gasteiger partial charge in [-0.15, -0.1) is 0 Å². The van der Waals surface area contributed by atoms with Crippen molar-refractivity contribution >= 4 is 60.5 Å². The SMILES string of the molecule is c1ccc(-c2ccc(N(c3cccc(-c4ccc5ccccc5c4)c3)c3cccc4oc5c6ccccc6ccc5c34)c(-c3ccccc3)c2)cc1. The maximum Gasteiger partial charge on any atom is 0.143 e. The van der Waals surface area contributed by atoms with E-state index in [1.165, 1.54) is 32.8 Å². The van der Waals surface area contributed by atoms with Crippen LogP contribution in [0.15, 0.2) is 205 Å². The summed E-state index contributed by atoms with van der Waals surface area (Å²) in [4.78, 5) is 2.42. The molecule has 10 aromatic rings. The van der Waals surface area contributed by atoms with Gasteiger partial charge in [0.25, 0.3) is 0 Å². The minimum atomic E-state index is 0.863. The monoisotopic (exact) mass is 663 g/mol. The molecule has 0 unspecified atom stereocenters. The third kappa shape index (κ3) is 5.12. The van der Waals surface area contributed by atoms with Gasteiger partial charge in [-0.05, 0) is 92.5 Å². The fourth-order valence-corrected chi connectivity index (χ4v) is 7.71. The summed E-state index contributed by atoms with van der Waals surface area (Å²) in [5.41, 5.74) is 12.0. The fraction of sp³-hybridized carbons (Fsp3) is 0. The number of furan rings is 1. The number of hydrogen-bond donors (Lipinski definition) is 0. The van der Waals surface area contributed by atoms with E-state index in [1.807, 2.05) is 0 Å². The number of rotatable bonds is 6. The molecule has 0 radical (unpaired) electrons. The molecule has 0 saturated carbocycles. The molecule has 52 heavy (non-hydrogen) atoms. The maximum absolute atomic E-state index is 6.73. The Hall–Kier alpha value is -6.90. The van der Waals surface area contributed by atoms with Gasteiger partial charge in [0.2, 0.25) is 0 Å². The summed E-state index contributed by atoms with van der Waals surface area (Å²) in [5.74, 6) is 0. The van der Waals surface area contributed by atoms with Crippen molar-refractivity contribution in [3.8, 4) is 33.4 Å². The van der Waals surface area contributed by atoms with Crippen molar-refractivity contribution in [3.05, 3.63) is 200 Å². The maximum atomic E-state index is 6.73. The van der Waals surface area contributed by atoms with Crippen LogP contribution >= 0.6 is 0 Å².